The Morgan fingerprint density at radius 1 is 1.30 bits per heavy atom. The maximum atomic E-state index is 13.5. The van der Waals surface area contributed by atoms with Crippen molar-refractivity contribution in [2.24, 2.45) is 30.7 Å². The summed E-state index contributed by atoms with van der Waals surface area (Å²) in [7, 11) is 3.29. The highest BCUT2D eigenvalue weighted by Gasteiger charge is 2.58. The van der Waals surface area contributed by atoms with E-state index in [-0.39, 0.29) is 12.5 Å². The van der Waals surface area contributed by atoms with Crippen LogP contribution in [0.15, 0.2) is 6.33 Å². The summed E-state index contributed by atoms with van der Waals surface area (Å²) in [5.41, 5.74) is 0. The lowest BCUT2D eigenvalue weighted by Gasteiger charge is -2.49. The van der Waals surface area contributed by atoms with Crippen LogP contribution < -0.4 is 0 Å². The molecule has 0 aliphatic heterocycles. The van der Waals surface area contributed by atoms with Crippen molar-refractivity contribution in [3.05, 3.63) is 12.2 Å². The number of carbonyl (C=O) groups excluding carboxylic acids is 1. The maximum Gasteiger partial charge on any atom is 0.392 e. The van der Waals surface area contributed by atoms with Gasteiger partial charge in [-0.15, -0.1) is 10.2 Å². The number of aromatic nitrogens is 3. The minimum Gasteiger partial charge on any atom is -0.338 e. The zero-order valence-corrected chi connectivity index (χ0v) is 13.3. The first-order chi connectivity index (χ1) is 10.8. The van der Waals surface area contributed by atoms with Crippen molar-refractivity contribution in [2.75, 3.05) is 7.05 Å². The predicted molar refractivity (Wildman–Crippen MR) is 76.0 cm³/mol. The van der Waals surface area contributed by atoms with Gasteiger partial charge in [0.1, 0.15) is 6.33 Å². The lowest BCUT2D eigenvalue weighted by molar-refractivity contribution is -0.231. The van der Waals surface area contributed by atoms with E-state index in [1.54, 1.807) is 18.7 Å². The van der Waals surface area contributed by atoms with Crippen LogP contribution in [0, 0.1) is 23.7 Å². The molecule has 128 valence electrons. The Hall–Kier alpha value is -1.60. The first-order valence-electron chi connectivity index (χ1n) is 7.93. The predicted octanol–water partition coefficient (Wildman–Crippen LogP) is 2.39. The first-order valence-corrected chi connectivity index (χ1v) is 7.93. The molecule has 0 aromatic carbocycles. The number of alkyl halides is 3. The standard InChI is InChI=1S/C15H21F3N4O/c1-21(7-11-20-19-8-22(11)2)14(23)12-9-3-5-10(6-4-9)13(12)15(16,17)18/h8-10,12-13H,3-7H2,1-2H3/t9?,10?,12-,13-/m0/s1. The van der Waals surface area contributed by atoms with Crippen molar-refractivity contribution in [2.45, 2.75) is 38.4 Å². The zero-order valence-electron chi connectivity index (χ0n) is 13.3. The molecule has 2 atom stereocenters. The van der Waals surface area contributed by atoms with Crippen LogP contribution in [-0.4, -0.2) is 38.8 Å². The van der Waals surface area contributed by atoms with Gasteiger partial charge in [-0.25, -0.2) is 0 Å². The summed E-state index contributed by atoms with van der Waals surface area (Å²) < 4.78 is 42.2. The molecule has 1 amide bonds. The summed E-state index contributed by atoms with van der Waals surface area (Å²) in [6.45, 7) is 0.174. The third kappa shape index (κ3) is 2.95. The molecule has 0 spiro atoms. The van der Waals surface area contributed by atoms with Crippen molar-refractivity contribution < 1.29 is 18.0 Å². The summed E-state index contributed by atoms with van der Waals surface area (Å²) >= 11 is 0. The Bertz CT molecular complexity index is 578. The first kappa shape index (κ1) is 16.3. The van der Waals surface area contributed by atoms with E-state index in [1.165, 1.54) is 11.2 Å². The summed E-state index contributed by atoms with van der Waals surface area (Å²) in [6.07, 6.45) is -0.168. The normalized spacial score (nSPS) is 30.5. The van der Waals surface area contributed by atoms with Gasteiger partial charge in [0, 0.05) is 14.1 Å². The third-order valence-corrected chi connectivity index (χ3v) is 5.44. The molecular weight excluding hydrogens is 309 g/mol. The summed E-state index contributed by atoms with van der Waals surface area (Å²) in [4.78, 5) is 14.1. The number of halogens is 3. The van der Waals surface area contributed by atoms with Crippen LogP contribution in [0.2, 0.25) is 0 Å². The van der Waals surface area contributed by atoms with Gasteiger partial charge in [-0.1, -0.05) is 0 Å². The molecule has 3 fully saturated rings. The molecule has 3 saturated carbocycles. The topological polar surface area (TPSA) is 51.0 Å². The van der Waals surface area contributed by atoms with Crippen molar-refractivity contribution in [3.8, 4) is 0 Å². The molecule has 0 saturated heterocycles. The van der Waals surface area contributed by atoms with Gasteiger partial charge in [-0.2, -0.15) is 13.2 Å². The van der Waals surface area contributed by atoms with Crippen LogP contribution in [-0.2, 0) is 18.4 Å². The van der Waals surface area contributed by atoms with Crippen molar-refractivity contribution in [3.63, 3.8) is 0 Å². The van der Waals surface area contributed by atoms with Crippen molar-refractivity contribution in [1.29, 1.82) is 0 Å². The quantitative estimate of drug-likeness (QED) is 0.855. The van der Waals surface area contributed by atoms with Crippen LogP contribution in [0.3, 0.4) is 0 Å². The molecular formula is C15H21F3N4O. The second-order valence-electron chi connectivity index (χ2n) is 6.82. The van der Waals surface area contributed by atoms with Crippen molar-refractivity contribution in [1.82, 2.24) is 19.7 Å². The average Bonchev–Trinajstić information content (AvgIpc) is 2.91. The highest BCUT2D eigenvalue weighted by atomic mass is 19.4. The minimum atomic E-state index is -4.31. The lowest BCUT2D eigenvalue weighted by Crippen LogP contribution is -2.53. The minimum absolute atomic E-state index is 0.152. The van der Waals surface area contributed by atoms with Crippen LogP contribution in [0.1, 0.15) is 31.5 Å². The third-order valence-electron chi connectivity index (χ3n) is 5.44. The number of rotatable bonds is 3. The van der Waals surface area contributed by atoms with Gasteiger partial charge < -0.3 is 9.47 Å². The zero-order chi connectivity index (χ0) is 16.8. The Morgan fingerprint density at radius 2 is 1.91 bits per heavy atom. The lowest BCUT2D eigenvalue weighted by atomic mass is 9.58. The molecule has 1 heterocycles. The number of hydrogen-bond acceptors (Lipinski definition) is 3. The molecule has 8 heteroatoms. The van der Waals surface area contributed by atoms with Crippen LogP contribution in [0.4, 0.5) is 13.2 Å². The number of carbonyl (C=O) groups is 1. The fraction of sp³-hybridized carbons (Fsp3) is 0.800. The number of nitrogens with zero attached hydrogens (tertiary/aromatic N) is 4. The Morgan fingerprint density at radius 3 is 2.43 bits per heavy atom. The highest BCUT2D eigenvalue weighted by molar-refractivity contribution is 5.79. The Kier molecular flexibility index (Phi) is 4.10. The number of aryl methyl sites for hydroxylation is 1. The van der Waals surface area contributed by atoms with Gasteiger partial charge in [-0.3, -0.25) is 4.79 Å². The molecule has 3 aliphatic carbocycles. The SMILES string of the molecule is CN(Cc1nncn1C)C(=O)[C@H]1C2CCC(CC2)[C@@H]1C(F)(F)F. The van der Waals surface area contributed by atoms with Gasteiger partial charge in [0.05, 0.1) is 18.4 Å². The van der Waals surface area contributed by atoms with E-state index in [4.69, 9.17) is 0 Å². The number of hydrogen-bond donors (Lipinski definition) is 0. The largest absolute Gasteiger partial charge is 0.392 e. The fourth-order valence-corrected chi connectivity index (χ4v) is 4.27. The van der Waals surface area contributed by atoms with E-state index in [9.17, 15) is 18.0 Å². The van der Waals surface area contributed by atoms with Crippen LogP contribution in [0.5, 0.6) is 0 Å². The molecule has 0 radical (unpaired) electrons. The molecule has 1 aromatic heterocycles. The Labute approximate surface area is 132 Å². The molecule has 0 unspecified atom stereocenters. The second kappa shape index (κ2) is 5.79. The number of fused-ring (bicyclic) bond motifs is 3. The van der Waals surface area contributed by atoms with Crippen molar-refractivity contribution >= 4 is 5.91 Å². The average molecular weight is 330 g/mol. The van der Waals surface area contributed by atoms with E-state index in [0.717, 1.165) is 12.8 Å². The molecule has 23 heavy (non-hydrogen) atoms. The van der Waals surface area contributed by atoms with Gasteiger partial charge in [0.15, 0.2) is 5.82 Å². The van der Waals surface area contributed by atoms with Crippen LogP contribution in [0.25, 0.3) is 0 Å². The Balaban J connectivity index is 1.80. The molecule has 4 rings (SSSR count). The van der Waals surface area contributed by atoms with E-state index in [1.807, 2.05) is 0 Å². The number of amides is 1. The fourth-order valence-electron chi connectivity index (χ4n) is 4.27. The molecule has 0 N–H and O–H groups in total. The summed E-state index contributed by atoms with van der Waals surface area (Å²) in [5.74, 6) is -2.85. The van der Waals surface area contributed by atoms with Gasteiger partial charge in [0.25, 0.3) is 0 Å². The van der Waals surface area contributed by atoms with Gasteiger partial charge >= 0.3 is 6.18 Å². The maximum absolute atomic E-state index is 13.5. The second-order valence-corrected chi connectivity index (χ2v) is 6.82. The van der Waals surface area contributed by atoms with E-state index in [2.05, 4.69) is 10.2 Å². The summed E-state index contributed by atoms with van der Waals surface area (Å²) in [6, 6.07) is 0. The smallest absolute Gasteiger partial charge is 0.338 e. The highest BCUT2D eigenvalue weighted by Crippen LogP contribution is 2.54. The summed E-state index contributed by atoms with van der Waals surface area (Å²) in [5, 5.41) is 7.63. The van der Waals surface area contributed by atoms with E-state index >= 15 is 0 Å². The van der Waals surface area contributed by atoms with Gasteiger partial charge in [-0.05, 0) is 37.5 Å². The van der Waals surface area contributed by atoms with E-state index in [0.29, 0.717) is 18.7 Å². The van der Waals surface area contributed by atoms with Gasteiger partial charge in [0.2, 0.25) is 5.91 Å². The van der Waals surface area contributed by atoms with Crippen LogP contribution >= 0.6 is 0 Å². The molecule has 5 nitrogen and oxygen atoms in total. The monoisotopic (exact) mass is 330 g/mol. The molecule has 2 bridgehead atoms. The molecule has 3 aliphatic rings. The van der Waals surface area contributed by atoms with E-state index < -0.39 is 29.8 Å². The molecule has 1 aromatic rings.